The van der Waals surface area contributed by atoms with Gasteiger partial charge in [-0.3, -0.25) is 14.9 Å². The number of anilines is 2. The van der Waals surface area contributed by atoms with Gasteiger partial charge in [0.1, 0.15) is 5.88 Å². The van der Waals surface area contributed by atoms with E-state index in [0.717, 1.165) is 19.3 Å². The molecule has 1 heterocycles. The Hall–Kier alpha value is -2.55. The molecule has 1 fully saturated rings. The van der Waals surface area contributed by atoms with Crippen LogP contribution in [-0.4, -0.2) is 46.3 Å². The van der Waals surface area contributed by atoms with E-state index in [9.17, 15) is 19.7 Å². The van der Waals surface area contributed by atoms with Crippen molar-refractivity contribution in [3.63, 3.8) is 0 Å². The van der Waals surface area contributed by atoms with E-state index in [-0.39, 0.29) is 22.9 Å². The first-order chi connectivity index (χ1) is 13.1. The molecule has 0 bridgehead atoms. The van der Waals surface area contributed by atoms with Gasteiger partial charge in [-0.2, -0.15) is 5.06 Å². The molecular weight excluding hydrogens is 388 g/mol. The number of hydroxylamine groups is 1. The summed E-state index contributed by atoms with van der Waals surface area (Å²) in [6, 6.07) is 4.23. The van der Waals surface area contributed by atoms with E-state index in [1.807, 2.05) is 0 Å². The fourth-order valence-electron chi connectivity index (χ4n) is 2.91. The summed E-state index contributed by atoms with van der Waals surface area (Å²) in [6.07, 6.45) is 2.23. The van der Waals surface area contributed by atoms with Crippen LogP contribution in [0.5, 0.6) is 0 Å². The van der Waals surface area contributed by atoms with E-state index < -0.39 is 22.5 Å². The van der Waals surface area contributed by atoms with Gasteiger partial charge in [0.25, 0.3) is 5.69 Å². The molecule has 2 amide bonds. The normalized spacial score (nSPS) is 14.4. The lowest BCUT2D eigenvalue weighted by molar-refractivity contribution is -0.384. The second kappa shape index (κ2) is 9.09. The second-order valence-corrected chi connectivity index (χ2v) is 7.75. The van der Waals surface area contributed by atoms with Gasteiger partial charge in [0.05, 0.1) is 16.1 Å². The standard InChI is InChI=1S/C18H25ClN4O5/c1-18(2,3)22(28-17(25)21-10-5-4-6-11-21)16-13(20-15(24)12-19)8-7-9-14(16)23(26)27/h7-9H,4-6,10-12H2,1-3H3,(H,20,24). The third-order valence-corrected chi connectivity index (χ3v) is 4.45. The first-order valence-electron chi connectivity index (χ1n) is 9.05. The number of hydrogen-bond donors (Lipinski definition) is 1. The van der Waals surface area contributed by atoms with Crippen LogP contribution >= 0.6 is 11.6 Å². The minimum Gasteiger partial charge on any atom is -0.323 e. The molecule has 2 rings (SSSR count). The van der Waals surface area contributed by atoms with Crippen LogP contribution in [0.2, 0.25) is 0 Å². The van der Waals surface area contributed by atoms with Crippen LogP contribution < -0.4 is 10.4 Å². The quantitative estimate of drug-likeness (QED) is 0.446. The zero-order chi connectivity index (χ0) is 20.9. The number of rotatable bonds is 5. The molecule has 154 valence electrons. The number of halogens is 1. The number of nitro groups is 1. The Morgan fingerprint density at radius 2 is 1.93 bits per heavy atom. The van der Waals surface area contributed by atoms with Crippen LogP contribution in [0.3, 0.4) is 0 Å². The maximum absolute atomic E-state index is 12.7. The zero-order valence-electron chi connectivity index (χ0n) is 16.2. The number of amides is 2. The first-order valence-corrected chi connectivity index (χ1v) is 9.59. The summed E-state index contributed by atoms with van der Waals surface area (Å²) < 4.78 is 0. The molecule has 0 saturated carbocycles. The third kappa shape index (κ3) is 5.25. The number of likely N-dealkylation sites (tertiary alicyclic amines) is 1. The zero-order valence-corrected chi connectivity index (χ0v) is 17.0. The number of alkyl halides is 1. The van der Waals surface area contributed by atoms with E-state index in [0.29, 0.717) is 13.1 Å². The lowest BCUT2D eigenvalue weighted by Gasteiger charge is -2.37. The van der Waals surface area contributed by atoms with Crippen LogP contribution in [0.25, 0.3) is 0 Å². The van der Waals surface area contributed by atoms with Gasteiger partial charge in [-0.1, -0.05) is 6.07 Å². The average molecular weight is 413 g/mol. The number of carbonyl (C=O) groups is 2. The summed E-state index contributed by atoms with van der Waals surface area (Å²) in [6.45, 7) is 6.40. The Morgan fingerprint density at radius 3 is 2.46 bits per heavy atom. The SMILES string of the molecule is CC(C)(C)N(OC(=O)N1CCCCC1)c1c(NC(=O)CCl)cccc1[N+](=O)[O-]. The molecule has 0 aromatic heterocycles. The molecule has 1 saturated heterocycles. The largest absolute Gasteiger partial charge is 0.434 e. The Labute approximate surface area is 168 Å². The van der Waals surface area contributed by atoms with E-state index in [1.54, 1.807) is 25.7 Å². The molecule has 1 aromatic carbocycles. The predicted molar refractivity (Wildman–Crippen MR) is 107 cm³/mol. The molecule has 0 atom stereocenters. The molecule has 0 radical (unpaired) electrons. The molecule has 1 aliphatic heterocycles. The fourth-order valence-corrected chi connectivity index (χ4v) is 2.97. The molecule has 1 N–H and O–H groups in total. The minimum absolute atomic E-state index is 0.0103. The molecule has 9 nitrogen and oxygen atoms in total. The molecule has 0 spiro atoms. The number of nitrogens with zero attached hydrogens (tertiary/aromatic N) is 3. The highest BCUT2D eigenvalue weighted by Gasteiger charge is 2.35. The van der Waals surface area contributed by atoms with Crippen molar-refractivity contribution in [2.45, 2.75) is 45.6 Å². The van der Waals surface area contributed by atoms with E-state index >= 15 is 0 Å². The lowest BCUT2D eigenvalue weighted by Crippen LogP contribution is -2.47. The average Bonchev–Trinajstić information content (AvgIpc) is 2.65. The molecule has 1 aromatic rings. The highest BCUT2D eigenvalue weighted by atomic mass is 35.5. The Balaban J connectivity index is 2.48. The van der Waals surface area contributed by atoms with Crippen molar-refractivity contribution in [3.8, 4) is 0 Å². The van der Waals surface area contributed by atoms with E-state index in [4.69, 9.17) is 16.4 Å². The van der Waals surface area contributed by atoms with Gasteiger partial charge in [-0.15, -0.1) is 11.6 Å². The van der Waals surface area contributed by atoms with Crippen molar-refractivity contribution >= 4 is 40.7 Å². The first kappa shape index (κ1) is 21.7. The smallest absolute Gasteiger partial charge is 0.323 e. The van der Waals surface area contributed by atoms with Gasteiger partial charge in [0, 0.05) is 19.2 Å². The maximum Gasteiger partial charge on any atom is 0.434 e. The van der Waals surface area contributed by atoms with Gasteiger partial charge >= 0.3 is 6.09 Å². The molecule has 0 unspecified atom stereocenters. The summed E-state index contributed by atoms with van der Waals surface area (Å²) in [5, 5.41) is 15.4. The molecule has 0 aliphatic carbocycles. The van der Waals surface area contributed by atoms with Crippen LogP contribution in [-0.2, 0) is 9.63 Å². The van der Waals surface area contributed by atoms with Crippen LogP contribution in [0, 0.1) is 10.1 Å². The summed E-state index contributed by atoms with van der Waals surface area (Å²) in [5.41, 5.74) is -0.989. The Morgan fingerprint density at radius 1 is 1.29 bits per heavy atom. The van der Waals surface area contributed by atoms with Crippen molar-refractivity contribution in [1.82, 2.24) is 4.90 Å². The number of para-hydroxylation sites is 1. The summed E-state index contributed by atoms with van der Waals surface area (Å²) >= 11 is 5.56. The number of benzene rings is 1. The maximum atomic E-state index is 12.7. The van der Waals surface area contributed by atoms with Gasteiger partial charge in [0.15, 0.2) is 5.69 Å². The predicted octanol–water partition coefficient (Wildman–Crippen LogP) is 3.91. The van der Waals surface area contributed by atoms with Crippen LogP contribution in [0.15, 0.2) is 18.2 Å². The van der Waals surface area contributed by atoms with Crippen LogP contribution in [0.4, 0.5) is 21.9 Å². The van der Waals surface area contributed by atoms with Crippen molar-refractivity contribution < 1.29 is 19.3 Å². The lowest BCUT2D eigenvalue weighted by atomic mass is 10.1. The van der Waals surface area contributed by atoms with Crippen molar-refractivity contribution in [1.29, 1.82) is 0 Å². The molecule has 10 heteroatoms. The number of nitro benzene ring substituents is 1. The highest BCUT2D eigenvalue weighted by molar-refractivity contribution is 6.29. The minimum atomic E-state index is -0.821. The molecular formula is C18H25ClN4O5. The number of nitrogens with one attached hydrogen (secondary N) is 1. The molecule has 1 aliphatic rings. The second-order valence-electron chi connectivity index (χ2n) is 7.48. The topological polar surface area (TPSA) is 105 Å². The van der Waals surface area contributed by atoms with Crippen molar-refractivity contribution in [2.24, 2.45) is 0 Å². The van der Waals surface area contributed by atoms with Gasteiger partial charge in [-0.05, 0) is 46.1 Å². The van der Waals surface area contributed by atoms with Crippen molar-refractivity contribution in [2.75, 3.05) is 29.3 Å². The number of piperidine rings is 1. The van der Waals surface area contributed by atoms with Gasteiger partial charge in [0.2, 0.25) is 5.91 Å². The fraction of sp³-hybridized carbons (Fsp3) is 0.556. The molecule has 28 heavy (non-hydrogen) atoms. The summed E-state index contributed by atoms with van der Waals surface area (Å²) in [4.78, 5) is 42.7. The third-order valence-electron chi connectivity index (χ3n) is 4.20. The Kier molecular flexibility index (Phi) is 7.06. The number of hydrogen-bond acceptors (Lipinski definition) is 6. The highest BCUT2D eigenvalue weighted by Crippen LogP contribution is 2.40. The van der Waals surface area contributed by atoms with Gasteiger partial charge < -0.3 is 15.1 Å². The van der Waals surface area contributed by atoms with Crippen LogP contribution in [0.1, 0.15) is 40.0 Å². The summed E-state index contributed by atoms with van der Waals surface area (Å²) in [7, 11) is 0. The number of carbonyl (C=O) groups excluding carboxylic acids is 2. The Bertz CT molecular complexity index is 744. The monoisotopic (exact) mass is 412 g/mol. The van der Waals surface area contributed by atoms with Crippen molar-refractivity contribution in [3.05, 3.63) is 28.3 Å². The van der Waals surface area contributed by atoms with E-state index in [1.165, 1.54) is 23.3 Å². The summed E-state index contributed by atoms with van der Waals surface area (Å²) in [5.74, 6) is -0.842. The van der Waals surface area contributed by atoms with Gasteiger partial charge in [-0.25, -0.2) is 4.79 Å². The van der Waals surface area contributed by atoms with E-state index in [2.05, 4.69) is 5.32 Å².